The molecule has 0 fully saturated rings. The van der Waals surface area contributed by atoms with Crippen LogP contribution < -0.4 is 0 Å². The van der Waals surface area contributed by atoms with Gasteiger partial charge in [0.1, 0.15) is 5.71 Å². The Balaban J connectivity index is 1.90. The first-order valence-electron chi connectivity index (χ1n) is 8.95. The van der Waals surface area contributed by atoms with Gasteiger partial charge in [-0.25, -0.2) is 0 Å². The van der Waals surface area contributed by atoms with Crippen molar-refractivity contribution in [3.63, 3.8) is 0 Å². The molecule has 2 N–H and O–H groups in total. The molecule has 2 aromatic heterocycles. The lowest BCUT2D eigenvalue weighted by atomic mass is 10.1. The summed E-state index contributed by atoms with van der Waals surface area (Å²) in [6.45, 7) is 0.166. The summed E-state index contributed by atoms with van der Waals surface area (Å²) in [5, 5.41) is 16.4. The van der Waals surface area contributed by atoms with Crippen LogP contribution in [0.3, 0.4) is 0 Å². The zero-order chi connectivity index (χ0) is 22.6. The highest BCUT2D eigenvalue weighted by molar-refractivity contribution is 7.17. The minimum Gasteiger partial charge on any atom is -0.481 e. The van der Waals surface area contributed by atoms with Crippen LogP contribution in [0.25, 0.3) is 10.4 Å². The van der Waals surface area contributed by atoms with Crippen LogP contribution in [0.1, 0.15) is 21.7 Å². The van der Waals surface area contributed by atoms with Gasteiger partial charge in [0.05, 0.1) is 23.0 Å². The molecule has 0 saturated carbocycles. The van der Waals surface area contributed by atoms with Crippen molar-refractivity contribution in [2.75, 3.05) is 0 Å². The topological polar surface area (TPSA) is 73.5 Å². The van der Waals surface area contributed by atoms with E-state index < -0.39 is 24.3 Å². The molecule has 0 saturated heterocycles. The molecule has 0 aliphatic carbocycles. The minimum absolute atomic E-state index is 0.120. The molecule has 162 valence electrons. The van der Waals surface area contributed by atoms with Crippen molar-refractivity contribution < 1.29 is 23.1 Å². The van der Waals surface area contributed by atoms with Gasteiger partial charge < -0.3 is 10.5 Å². The number of carboxylic acids is 1. The van der Waals surface area contributed by atoms with Gasteiger partial charge >= 0.3 is 12.1 Å². The lowest BCUT2D eigenvalue weighted by Gasteiger charge is -2.10. The van der Waals surface area contributed by atoms with Gasteiger partial charge in [-0.3, -0.25) is 9.79 Å². The SMILES string of the molecule is N=C(CC(=NCc1ccc(Cl)s1)c1ccc(-c2cccc(CC(=O)O)c2)s1)C(F)(F)F. The number of rotatable bonds is 8. The van der Waals surface area contributed by atoms with Crippen molar-refractivity contribution >= 4 is 51.7 Å². The van der Waals surface area contributed by atoms with Crippen LogP contribution in [0.15, 0.2) is 53.5 Å². The molecule has 0 spiro atoms. The second-order valence-corrected chi connectivity index (χ2v) is 9.44. The van der Waals surface area contributed by atoms with Crippen molar-refractivity contribution in [2.24, 2.45) is 4.99 Å². The van der Waals surface area contributed by atoms with Crippen LogP contribution in [0.2, 0.25) is 4.34 Å². The fourth-order valence-corrected chi connectivity index (χ4v) is 4.78. The van der Waals surface area contributed by atoms with E-state index in [-0.39, 0.29) is 18.7 Å². The van der Waals surface area contributed by atoms with E-state index in [9.17, 15) is 18.0 Å². The molecule has 0 bridgehead atoms. The fourth-order valence-electron chi connectivity index (χ4n) is 2.76. The highest BCUT2D eigenvalue weighted by Crippen LogP contribution is 2.31. The van der Waals surface area contributed by atoms with Gasteiger partial charge in [-0.15, -0.1) is 22.7 Å². The Hall–Kier alpha value is -2.49. The van der Waals surface area contributed by atoms with Crippen molar-refractivity contribution in [2.45, 2.75) is 25.6 Å². The van der Waals surface area contributed by atoms with Gasteiger partial charge in [0.2, 0.25) is 0 Å². The monoisotopic (exact) mass is 484 g/mol. The van der Waals surface area contributed by atoms with Gasteiger partial charge in [0.15, 0.2) is 0 Å². The average molecular weight is 485 g/mol. The number of alkyl halides is 3. The Morgan fingerprint density at radius 1 is 1.13 bits per heavy atom. The maximum Gasteiger partial charge on any atom is 0.429 e. The van der Waals surface area contributed by atoms with Crippen molar-refractivity contribution in [1.29, 1.82) is 5.41 Å². The smallest absolute Gasteiger partial charge is 0.429 e. The number of benzene rings is 1. The summed E-state index contributed by atoms with van der Waals surface area (Å²) in [4.78, 5) is 17.4. The molecule has 3 aromatic rings. The van der Waals surface area contributed by atoms with E-state index in [1.165, 1.54) is 22.7 Å². The number of carbonyl (C=O) groups is 1. The normalized spacial score (nSPS) is 12.2. The molecule has 0 atom stereocenters. The van der Waals surface area contributed by atoms with E-state index in [0.29, 0.717) is 14.8 Å². The number of aliphatic carboxylic acids is 1. The Bertz CT molecular complexity index is 1140. The molecule has 0 amide bonds. The zero-order valence-corrected chi connectivity index (χ0v) is 18.3. The van der Waals surface area contributed by atoms with Crippen LogP contribution in [-0.2, 0) is 17.8 Å². The van der Waals surface area contributed by atoms with Crippen LogP contribution in [0.4, 0.5) is 13.2 Å². The molecule has 0 radical (unpaired) electrons. The van der Waals surface area contributed by atoms with E-state index in [1.54, 1.807) is 42.5 Å². The zero-order valence-electron chi connectivity index (χ0n) is 15.9. The van der Waals surface area contributed by atoms with Gasteiger partial charge in [-0.05, 0) is 41.5 Å². The number of hydrogen-bond acceptors (Lipinski definition) is 5. The van der Waals surface area contributed by atoms with Gasteiger partial charge in [-0.2, -0.15) is 13.2 Å². The Morgan fingerprint density at radius 2 is 1.90 bits per heavy atom. The summed E-state index contributed by atoms with van der Waals surface area (Å²) >= 11 is 8.45. The standard InChI is InChI=1S/C21H16ClF3N2O2S2/c22-19-7-4-14(30-19)11-27-15(10-18(26)21(23,24)25)17-6-5-16(31-17)13-3-1-2-12(8-13)9-20(28)29/h1-8,26H,9-11H2,(H,28,29). The Morgan fingerprint density at radius 3 is 2.55 bits per heavy atom. The summed E-state index contributed by atoms with van der Waals surface area (Å²) in [5.41, 5.74) is 0.200. The number of halogens is 4. The number of carboxylic acid groups (broad SMARTS) is 1. The van der Waals surface area contributed by atoms with Crippen LogP contribution >= 0.6 is 34.3 Å². The fraction of sp³-hybridized carbons (Fsp3) is 0.190. The number of nitrogens with zero attached hydrogens (tertiary/aromatic N) is 1. The average Bonchev–Trinajstić information content (AvgIpc) is 3.33. The van der Waals surface area contributed by atoms with Crippen molar-refractivity contribution in [1.82, 2.24) is 0 Å². The third kappa shape index (κ3) is 6.49. The second-order valence-electron chi connectivity index (χ2n) is 6.56. The molecule has 4 nitrogen and oxygen atoms in total. The van der Waals surface area contributed by atoms with Crippen molar-refractivity contribution in [3.8, 4) is 10.4 Å². The third-order valence-corrected chi connectivity index (χ3v) is 6.60. The van der Waals surface area contributed by atoms with E-state index >= 15 is 0 Å². The predicted molar refractivity (Wildman–Crippen MR) is 119 cm³/mol. The maximum absolute atomic E-state index is 13.0. The lowest BCUT2D eigenvalue weighted by Crippen LogP contribution is -2.24. The summed E-state index contributed by atoms with van der Waals surface area (Å²) < 4.78 is 39.5. The first-order chi connectivity index (χ1) is 14.6. The van der Waals surface area contributed by atoms with Crippen LogP contribution in [0.5, 0.6) is 0 Å². The molecule has 3 rings (SSSR count). The van der Waals surface area contributed by atoms with E-state index in [1.807, 2.05) is 6.07 Å². The number of nitrogens with one attached hydrogen (secondary N) is 1. The minimum atomic E-state index is -4.72. The van der Waals surface area contributed by atoms with E-state index in [0.717, 1.165) is 15.3 Å². The first-order valence-corrected chi connectivity index (χ1v) is 11.0. The van der Waals surface area contributed by atoms with E-state index in [2.05, 4.69) is 4.99 Å². The summed E-state index contributed by atoms with van der Waals surface area (Å²) in [6.07, 6.45) is -5.48. The maximum atomic E-state index is 13.0. The molecule has 10 heteroatoms. The molecule has 0 unspecified atom stereocenters. The summed E-state index contributed by atoms with van der Waals surface area (Å²) in [7, 11) is 0. The predicted octanol–water partition coefficient (Wildman–Crippen LogP) is 6.72. The molecule has 1 aromatic carbocycles. The number of thiophene rings is 2. The molecular formula is C21H16ClF3N2O2S2. The molecular weight excluding hydrogens is 469 g/mol. The summed E-state index contributed by atoms with van der Waals surface area (Å²) in [5.74, 6) is -0.946. The number of hydrogen-bond donors (Lipinski definition) is 2. The van der Waals surface area contributed by atoms with Crippen LogP contribution in [0, 0.1) is 5.41 Å². The molecule has 0 aliphatic rings. The van der Waals surface area contributed by atoms with Gasteiger partial charge in [-0.1, -0.05) is 29.8 Å². The Kier molecular flexibility index (Phi) is 7.30. The number of aliphatic imine (C=N–C) groups is 1. The quantitative estimate of drug-likeness (QED) is 0.348. The lowest BCUT2D eigenvalue weighted by molar-refractivity contribution is -0.136. The second kappa shape index (κ2) is 9.76. The van der Waals surface area contributed by atoms with Gasteiger partial charge in [0.25, 0.3) is 0 Å². The van der Waals surface area contributed by atoms with Crippen LogP contribution in [-0.4, -0.2) is 28.7 Å². The summed E-state index contributed by atoms with van der Waals surface area (Å²) in [6, 6.07) is 13.9. The Labute approximate surface area is 189 Å². The van der Waals surface area contributed by atoms with Gasteiger partial charge in [0, 0.05) is 21.1 Å². The third-order valence-electron chi connectivity index (χ3n) is 4.20. The molecule has 2 heterocycles. The van der Waals surface area contributed by atoms with Crippen molar-refractivity contribution in [3.05, 3.63) is 68.2 Å². The highest BCUT2D eigenvalue weighted by atomic mass is 35.5. The van der Waals surface area contributed by atoms with E-state index in [4.69, 9.17) is 22.1 Å². The highest BCUT2D eigenvalue weighted by Gasteiger charge is 2.35. The molecule has 0 aliphatic heterocycles. The first kappa shape index (κ1) is 23.2. The molecule has 31 heavy (non-hydrogen) atoms. The largest absolute Gasteiger partial charge is 0.481 e.